The molecule has 1 aliphatic heterocycles. The molecule has 0 aliphatic carbocycles. The van der Waals surface area contributed by atoms with Crippen LogP contribution in [-0.4, -0.2) is 25.5 Å². The molecule has 1 aromatic heterocycles. The van der Waals surface area contributed by atoms with Gasteiger partial charge in [0.1, 0.15) is 9.75 Å². The van der Waals surface area contributed by atoms with Crippen molar-refractivity contribution in [2.75, 3.05) is 11.5 Å². The summed E-state index contributed by atoms with van der Waals surface area (Å²) in [5, 5.41) is 9.52. The molecule has 9 heteroatoms. The van der Waals surface area contributed by atoms with Crippen LogP contribution in [0.25, 0.3) is 0 Å². The second-order valence-corrected chi connectivity index (χ2v) is 9.58. The van der Waals surface area contributed by atoms with Crippen molar-refractivity contribution in [1.29, 1.82) is 5.26 Å². The number of sulfonamides is 1. The van der Waals surface area contributed by atoms with Gasteiger partial charge in [0.15, 0.2) is 0 Å². The van der Waals surface area contributed by atoms with Gasteiger partial charge >= 0.3 is 0 Å². The fourth-order valence-electron chi connectivity index (χ4n) is 1.52. The molecule has 2 heterocycles. The number of thiophene rings is 1. The average molecular weight is 388 g/mol. The number of nitriles is 1. The summed E-state index contributed by atoms with van der Waals surface area (Å²) in [6.45, 7) is 0. The summed E-state index contributed by atoms with van der Waals surface area (Å²) in [5.41, 5.74) is -0.994. The highest BCUT2D eigenvalue weighted by Crippen LogP contribution is 2.36. The smallest absolute Gasteiger partial charge is 0.206 e. The van der Waals surface area contributed by atoms with Crippen molar-refractivity contribution in [1.82, 2.24) is 4.72 Å². The molecule has 1 fully saturated rings. The van der Waals surface area contributed by atoms with Crippen molar-refractivity contribution < 1.29 is 8.42 Å². The van der Waals surface area contributed by atoms with E-state index < -0.39 is 15.6 Å². The van der Waals surface area contributed by atoms with Gasteiger partial charge in [0, 0.05) is 5.75 Å². The summed E-state index contributed by atoms with van der Waals surface area (Å²) in [6.07, 6.45) is 0.522. The highest BCUT2D eigenvalue weighted by molar-refractivity contribution is 9.11. The Bertz CT molecular complexity index is 582. The zero-order chi connectivity index (χ0) is 13.4. The van der Waals surface area contributed by atoms with E-state index in [1.165, 1.54) is 6.07 Å². The van der Waals surface area contributed by atoms with E-state index in [9.17, 15) is 8.42 Å². The summed E-state index contributed by atoms with van der Waals surface area (Å²) in [5.74, 6) is 1.26. The molecule has 0 saturated carbocycles. The zero-order valence-electron chi connectivity index (χ0n) is 8.94. The Morgan fingerprint density at radius 1 is 1.61 bits per heavy atom. The number of hydrogen-bond donors (Lipinski definition) is 1. The maximum absolute atomic E-state index is 12.2. The molecule has 18 heavy (non-hydrogen) atoms. The van der Waals surface area contributed by atoms with Gasteiger partial charge < -0.3 is 0 Å². The third kappa shape index (κ3) is 2.86. The first-order chi connectivity index (χ1) is 8.38. The third-order valence-electron chi connectivity index (χ3n) is 2.45. The van der Waals surface area contributed by atoms with Gasteiger partial charge in [-0.3, -0.25) is 0 Å². The van der Waals surface area contributed by atoms with Gasteiger partial charge in [0.25, 0.3) is 10.0 Å². The van der Waals surface area contributed by atoms with Crippen LogP contribution < -0.4 is 4.72 Å². The first-order valence-electron chi connectivity index (χ1n) is 4.86. The summed E-state index contributed by atoms with van der Waals surface area (Å²) >= 11 is 11.6. The molecular formula is C9H8BrClN2O2S3. The summed E-state index contributed by atoms with van der Waals surface area (Å²) in [4.78, 5) is 0. The Morgan fingerprint density at radius 2 is 2.33 bits per heavy atom. The molecule has 0 aromatic carbocycles. The topological polar surface area (TPSA) is 70.0 Å². The van der Waals surface area contributed by atoms with Crippen LogP contribution in [0.3, 0.4) is 0 Å². The summed E-state index contributed by atoms with van der Waals surface area (Å²) < 4.78 is 27.5. The fourth-order valence-corrected chi connectivity index (χ4v) is 6.63. The number of rotatable bonds is 3. The van der Waals surface area contributed by atoms with Crippen molar-refractivity contribution in [3.8, 4) is 6.07 Å². The lowest BCUT2D eigenvalue weighted by molar-refractivity contribution is 0.516. The predicted molar refractivity (Wildman–Crippen MR) is 77.6 cm³/mol. The maximum atomic E-state index is 12.2. The molecule has 1 unspecified atom stereocenters. The molecule has 4 nitrogen and oxygen atoms in total. The Hall–Kier alpha value is 0.220. The van der Waals surface area contributed by atoms with Crippen molar-refractivity contribution in [3.05, 3.63) is 14.9 Å². The van der Waals surface area contributed by atoms with Gasteiger partial charge in [-0.2, -0.15) is 21.7 Å². The average Bonchev–Trinajstić information content (AvgIpc) is 2.88. The van der Waals surface area contributed by atoms with E-state index >= 15 is 0 Å². The van der Waals surface area contributed by atoms with E-state index in [4.69, 9.17) is 16.9 Å². The first kappa shape index (κ1) is 14.6. The largest absolute Gasteiger partial charge is 0.251 e. The van der Waals surface area contributed by atoms with E-state index in [-0.39, 0.29) is 4.21 Å². The van der Waals surface area contributed by atoms with Crippen LogP contribution >= 0.6 is 50.6 Å². The number of halogens is 2. The molecule has 0 spiro atoms. The highest BCUT2D eigenvalue weighted by atomic mass is 79.9. The van der Waals surface area contributed by atoms with Gasteiger partial charge in [-0.1, -0.05) is 11.6 Å². The molecule has 1 N–H and O–H groups in total. The molecule has 1 aliphatic rings. The van der Waals surface area contributed by atoms with Crippen LogP contribution in [0.5, 0.6) is 0 Å². The van der Waals surface area contributed by atoms with Gasteiger partial charge in [0.05, 0.1) is 14.9 Å². The monoisotopic (exact) mass is 386 g/mol. The van der Waals surface area contributed by atoms with Gasteiger partial charge in [-0.25, -0.2) is 8.42 Å². The van der Waals surface area contributed by atoms with E-state index in [2.05, 4.69) is 26.7 Å². The number of nitrogens with one attached hydrogen (secondary N) is 1. The molecule has 1 atom stereocenters. The van der Waals surface area contributed by atoms with Gasteiger partial charge in [-0.15, -0.1) is 11.3 Å². The van der Waals surface area contributed by atoms with Crippen molar-refractivity contribution in [2.24, 2.45) is 0 Å². The van der Waals surface area contributed by atoms with Crippen molar-refractivity contribution in [3.63, 3.8) is 0 Å². The lowest BCUT2D eigenvalue weighted by atomic mass is 10.0. The molecule has 2 rings (SSSR count). The van der Waals surface area contributed by atoms with Gasteiger partial charge in [-0.05, 0) is 34.2 Å². The Kier molecular flexibility index (Phi) is 4.31. The normalized spacial score (nSPS) is 24.1. The Balaban J connectivity index is 2.30. The SMILES string of the molecule is N#CC1(NS(=O)(=O)c2cc(Cl)c(Br)s2)CCSC1. The third-order valence-corrected chi connectivity index (χ3v) is 8.13. The highest BCUT2D eigenvalue weighted by Gasteiger charge is 2.39. The van der Waals surface area contributed by atoms with Crippen LogP contribution in [0.2, 0.25) is 5.02 Å². The summed E-state index contributed by atoms with van der Waals surface area (Å²) in [7, 11) is -3.70. The number of hydrogen-bond acceptors (Lipinski definition) is 5. The minimum absolute atomic E-state index is 0.117. The molecular weight excluding hydrogens is 380 g/mol. The predicted octanol–water partition coefficient (Wildman–Crippen LogP) is 2.84. The molecule has 0 bridgehead atoms. The quantitative estimate of drug-likeness (QED) is 0.866. The second kappa shape index (κ2) is 5.31. The van der Waals surface area contributed by atoms with Gasteiger partial charge in [0.2, 0.25) is 0 Å². The van der Waals surface area contributed by atoms with Crippen molar-refractivity contribution >= 4 is 60.7 Å². The molecule has 1 saturated heterocycles. The lowest BCUT2D eigenvalue weighted by Gasteiger charge is -2.20. The maximum Gasteiger partial charge on any atom is 0.251 e. The minimum Gasteiger partial charge on any atom is -0.206 e. The lowest BCUT2D eigenvalue weighted by Crippen LogP contribution is -2.47. The van der Waals surface area contributed by atoms with Crippen LogP contribution in [-0.2, 0) is 10.0 Å². The molecule has 98 valence electrons. The van der Waals surface area contributed by atoms with E-state index in [0.717, 1.165) is 17.1 Å². The fraction of sp³-hybridized carbons (Fsp3) is 0.444. The first-order valence-corrected chi connectivity index (χ1v) is 9.49. The second-order valence-electron chi connectivity index (χ2n) is 3.79. The van der Waals surface area contributed by atoms with Crippen molar-refractivity contribution in [2.45, 2.75) is 16.2 Å². The number of thioether (sulfide) groups is 1. The molecule has 0 amide bonds. The Morgan fingerprint density at radius 3 is 2.78 bits per heavy atom. The molecule has 1 aromatic rings. The standard InChI is InChI=1S/C9H8BrClN2O2S3/c10-8-6(11)3-7(17-8)18(14,15)13-9(4-12)1-2-16-5-9/h3,13H,1-2,5H2. The summed E-state index contributed by atoms with van der Waals surface area (Å²) in [6, 6.07) is 3.45. The van der Waals surface area contributed by atoms with E-state index in [1.807, 2.05) is 0 Å². The minimum atomic E-state index is -3.70. The Labute approximate surface area is 127 Å². The van der Waals surface area contributed by atoms with Crippen LogP contribution in [0.15, 0.2) is 14.1 Å². The van der Waals surface area contributed by atoms with Crippen LogP contribution in [0.1, 0.15) is 6.42 Å². The van der Waals surface area contributed by atoms with Crippen LogP contribution in [0, 0.1) is 11.3 Å². The molecule has 0 radical (unpaired) electrons. The number of nitrogens with zero attached hydrogens (tertiary/aromatic N) is 1. The van der Waals surface area contributed by atoms with Crippen LogP contribution in [0.4, 0.5) is 0 Å². The van der Waals surface area contributed by atoms with E-state index in [0.29, 0.717) is 21.0 Å². The van der Waals surface area contributed by atoms with E-state index in [1.54, 1.807) is 11.8 Å². The zero-order valence-corrected chi connectivity index (χ0v) is 13.7.